The van der Waals surface area contributed by atoms with E-state index in [1.165, 1.54) is 12.0 Å². The summed E-state index contributed by atoms with van der Waals surface area (Å²) in [7, 11) is 1.33. The molecule has 0 spiro atoms. The Kier molecular flexibility index (Phi) is 6.49. The van der Waals surface area contributed by atoms with Crippen LogP contribution in [0.5, 0.6) is 0 Å². The highest BCUT2D eigenvalue weighted by atomic mass is 16.6. The van der Waals surface area contributed by atoms with Crippen molar-refractivity contribution in [3.05, 3.63) is 0 Å². The highest BCUT2D eigenvalue weighted by Crippen LogP contribution is 2.14. The van der Waals surface area contributed by atoms with Crippen molar-refractivity contribution in [1.29, 1.82) is 0 Å². The number of nitrogens with zero attached hydrogens (tertiary/aromatic N) is 1. The summed E-state index contributed by atoms with van der Waals surface area (Å²) >= 11 is 0. The quantitative estimate of drug-likeness (QED) is 0.670. The first-order valence-corrected chi connectivity index (χ1v) is 6.27. The summed E-state index contributed by atoms with van der Waals surface area (Å²) in [5, 5.41) is 0. The van der Waals surface area contributed by atoms with E-state index in [1.54, 1.807) is 6.92 Å². The summed E-state index contributed by atoms with van der Waals surface area (Å²) in [5.41, 5.74) is 0. The molecule has 1 atom stereocenters. The molecule has 0 aliphatic carbocycles. The first-order chi connectivity index (χ1) is 8.67. The lowest BCUT2D eigenvalue weighted by Crippen LogP contribution is -2.39. The second kappa shape index (κ2) is 7.92. The minimum Gasteiger partial charge on any atom is -0.469 e. The maximum absolute atomic E-state index is 11.7. The molecule has 1 unspecified atom stereocenters. The Bertz CT molecular complexity index is 276. The molecule has 1 saturated heterocycles. The van der Waals surface area contributed by atoms with Crippen molar-refractivity contribution in [2.24, 2.45) is 0 Å². The van der Waals surface area contributed by atoms with Gasteiger partial charge in [-0.25, -0.2) is 4.79 Å². The summed E-state index contributed by atoms with van der Waals surface area (Å²) in [6.45, 7) is 3.57. The van der Waals surface area contributed by atoms with Crippen LogP contribution in [0.4, 0.5) is 4.79 Å². The molecule has 0 aromatic carbocycles. The van der Waals surface area contributed by atoms with Crippen molar-refractivity contribution in [2.75, 3.05) is 33.4 Å². The Hall–Kier alpha value is -1.30. The SMILES string of the molecule is CCOC(=O)N(CCC(=O)OC)CC1CCCO1. The van der Waals surface area contributed by atoms with Crippen LogP contribution in [-0.4, -0.2) is 56.5 Å². The van der Waals surface area contributed by atoms with E-state index >= 15 is 0 Å². The molecule has 1 fully saturated rings. The molecule has 1 amide bonds. The zero-order chi connectivity index (χ0) is 13.4. The van der Waals surface area contributed by atoms with Gasteiger partial charge in [0.25, 0.3) is 0 Å². The fraction of sp³-hybridized carbons (Fsp3) is 0.833. The second-order valence-electron chi connectivity index (χ2n) is 4.11. The second-order valence-corrected chi connectivity index (χ2v) is 4.11. The number of hydrogen-bond acceptors (Lipinski definition) is 5. The van der Waals surface area contributed by atoms with Crippen LogP contribution in [0.15, 0.2) is 0 Å². The van der Waals surface area contributed by atoms with Crippen molar-refractivity contribution in [3.63, 3.8) is 0 Å². The van der Waals surface area contributed by atoms with Gasteiger partial charge in [-0.15, -0.1) is 0 Å². The van der Waals surface area contributed by atoms with Gasteiger partial charge in [0.1, 0.15) is 0 Å². The fourth-order valence-electron chi connectivity index (χ4n) is 1.83. The van der Waals surface area contributed by atoms with Gasteiger partial charge in [-0.05, 0) is 19.8 Å². The monoisotopic (exact) mass is 259 g/mol. The third-order valence-corrected chi connectivity index (χ3v) is 2.79. The number of methoxy groups -OCH3 is 1. The third kappa shape index (κ3) is 4.91. The van der Waals surface area contributed by atoms with Crippen LogP contribution in [0.3, 0.4) is 0 Å². The molecule has 0 N–H and O–H groups in total. The van der Waals surface area contributed by atoms with Gasteiger partial charge in [-0.3, -0.25) is 4.79 Å². The molecule has 1 aliphatic rings. The van der Waals surface area contributed by atoms with Crippen LogP contribution < -0.4 is 0 Å². The van der Waals surface area contributed by atoms with Crippen molar-refractivity contribution in [3.8, 4) is 0 Å². The summed E-state index contributed by atoms with van der Waals surface area (Å²) in [5.74, 6) is -0.336. The number of rotatable bonds is 6. The van der Waals surface area contributed by atoms with Crippen LogP contribution >= 0.6 is 0 Å². The molecule has 1 aliphatic heterocycles. The molecule has 0 radical (unpaired) electrons. The van der Waals surface area contributed by atoms with E-state index in [0.717, 1.165) is 19.4 Å². The molecule has 0 aromatic heterocycles. The van der Waals surface area contributed by atoms with Gasteiger partial charge in [0.2, 0.25) is 0 Å². The smallest absolute Gasteiger partial charge is 0.409 e. The van der Waals surface area contributed by atoms with Crippen LogP contribution in [0, 0.1) is 0 Å². The maximum atomic E-state index is 11.7. The summed E-state index contributed by atoms with van der Waals surface area (Å²) in [4.78, 5) is 24.3. The molecule has 6 nitrogen and oxygen atoms in total. The first kappa shape index (κ1) is 14.8. The highest BCUT2D eigenvalue weighted by Gasteiger charge is 2.23. The van der Waals surface area contributed by atoms with Crippen molar-refractivity contribution >= 4 is 12.1 Å². The molecular weight excluding hydrogens is 238 g/mol. The van der Waals surface area contributed by atoms with Gasteiger partial charge in [0, 0.05) is 13.2 Å². The highest BCUT2D eigenvalue weighted by molar-refractivity contribution is 5.71. The van der Waals surface area contributed by atoms with Crippen LogP contribution in [-0.2, 0) is 19.0 Å². The van der Waals surface area contributed by atoms with E-state index in [2.05, 4.69) is 4.74 Å². The summed E-state index contributed by atoms with van der Waals surface area (Å²) < 4.78 is 15.0. The Labute approximate surface area is 107 Å². The minimum atomic E-state index is -0.406. The van der Waals surface area contributed by atoms with E-state index in [0.29, 0.717) is 19.7 Å². The average molecular weight is 259 g/mol. The van der Waals surface area contributed by atoms with E-state index in [4.69, 9.17) is 9.47 Å². The molecule has 1 rings (SSSR count). The lowest BCUT2D eigenvalue weighted by atomic mass is 10.2. The third-order valence-electron chi connectivity index (χ3n) is 2.79. The Balaban J connectivity index is 2.44. The van der Waals surface area contributed by atoms with Gasteiger partial charge in [0.15, 0.2) is 0 Å². The van der Waals surface area contributed by atoms with Crippen molar-refractivity contribution in [2.45, 2.75) is 32.3 Å². The molecule has 1 heterocycles. The van der Waals surface area contributed by atoms with Crippen molar-refractivity contribution in [1.82, 2.24) is 4.90 Å². The van der Waals surface area contributed by atoms with Crippen molar-refractivity contribution < 1.29 is 23.8 Å². The van der Waals surface area contributed by atoms with Crippen LogP contribution in [0.25, 0.3) is 0 Å². The number of ether oxygens (including phenoxy) is 3. The molecule has 18 heavy (non-hydrogen) atoms. The summed E-state index contributed by atoms with van der Waals surface area (Å²) in [6, 6.07) is 0. The molecule has 0 aromatic rings. The lowest BCUT2D eigenvalue weighted by Gasteiger charge is -2.24. The molecular formula is C12H21NO5. The predicted molar refractivity (Wildman–Crippen MR) is 64.2 cm³/mol. The number of carbonyl (C=O) groups excluding carboxylic acids is 2. The van der Waals surface area contributed by atoms with E-state index in [9.17, 15) is 9.59 Å². The summed E-state index contributed by atoms with van der Waals surface area (Å²) in [6.07, 6.45) is 1.76. The number of amides is 1. The van der Waals surface area contributed by atoms with E-state index in [-0.39, 0.29) is 18.5 Å². The van der Waals surface area contributed by atoms with E-state index < -0.39 is 6.09 Å². The Morgan fingerprint density at radius 1 is 1.44 bits per heavy atom. The molecule has 104 valence electrons. The van der Waals surface area contributed by atoms with Gasteiger partial charge in [-0.1, -0.05) is 0 Å². The molecule has 6 heteroatoms. The number of esters is 1. The largest absolute Gasteiger partial charge is 0.469 e. The Morgan fingerprint density at radius 2 is 2.22 bits per heavy atom. The zero-order valence-electron chi connectivity index (χ0n) is 11.0. The van der Waals surface area contributed by atoms with E-state index in [1.807, 2.05) is 0 Å². The molecule has 0 saturated carbocycles. The van der Waals surface area contributed by atoms with Gasteiger partial charge in [0.05, 0.1) is 32.8 Å². The fourth-order valence-corrected chi connectivity index (χ4v) is 1.83. The van der Waals surface area contributed by atoms with Gasteiger partial charge in [-0.2, -0.15) is 0 Å². The first-order valence-electron chi connectivity index (χ1n) is 6.27. The predicted octanol–water partition coefficient (Wildman–Crippen LogP) is 1.19. The lowest BCUT2D eigenvalue weighted by molar-refractivity contribution is -0.140. The average Bonchev–Trinajstić information content (AvgIpc) is 2.87. The zero-order valence-corrected chi connectivity index (χ0v) is 11.0. The number of carbonyl (C=O) groups is 2. The topological polar surface area (TPSA) is 65.1 Å². The minimum absolute atomic E-state index is 0.0482. The molecule has 0 bridgehead atoms. The Morgan fingerprint density at radius 3 is 2.78 bits per heavy atom. The van der Waals surface area contributed by atoms with Crippen LogP contribution in [0.2, 0.25) is 0 Å². The number of hydrogen-bond donors (Lipinski definition) is 0. The normalized spacial score (nSPS) is 18.4. The standard InChI is InChI=1S/C12H21NO5/c1-3-17-12(15)13(7-6-11(14)16-2)9-10-5-4-8-18-10/h10H,3-9H2,1-2H3. The van der Waals surface area contributed by atoms with Gasteiger partial charge >= 0.3 is 12.1 Å². The van der Waals surface area contributed by atoms with Gasteiger partial charge < -0.3 is 19.1 Å². The maximum Gasteiger partial charge on any atom is 0.409 e. The van der Waals surface area contributed by atoms with Crippen LogP contribution in [0.1, 0.15) is 26.2 Å².